The van der Waals surface area contributed by atoms with Crippen LogP contribution in [-0.2, 0) is 13.2 Å². The molecule has 0 radical (unpaired) electrons. The molecular formula is C17H13BrF3N3O2. The number of fused-ring (bicyclic) bond motifs is 1. The fourth-order valence-electron chi connectivity index (χ4n) is 2.85. The summed E-state index contributed by atoms with van der Waals surface area (Å²) in [6, 6.07) is 7.43. The Morgan fingerprint density at radius 1 is 1.31 bits per heavy atom. The van der Waals surface area contributed by atoms with Crippen molar-refractivity contribution < 1.29 is 18.1 Å². The van der Waals surface area contributed by atoms with E-state index in [2.05, 4.69) is 20.9 Å². The summed E-state index contributed by atoms with van der Waals surface area (Å²) in [4.78, 5) is 14.5. The maximum atomic E-state index is 13.5. The quantitative estimate of drug-likeness (QED) is 0.400. The normalized spacial score (nSPS) is 11.5. The summed E-state index contributed by atoms with van der Waals surface area (Å²) in [6.45, 7) is 1.05. The Morgan fingerprint density at radius 2 is 2.00 bits per heavy atom. The predicted molar refractivity (Wildman–Crippen MR) is 94.1 cm³/mol. The summed E-state index contributed by atoms with van der Waals surface area (Å²) < 4.78 is 41.6. The van der Waals surface area contributed by atoms with Gasteiger partial charge in [0.05, 0.1) is 14.9 Å². The summed E-state index contributed by atoms with van der Waals surface area (Å²) in [5.41, 5.74) is 1.96. The first kappa shape index (κ1) is 18.4. The van der Waals surface area contributed by atoms with Crippen LogP contribution in [0.1, 0.15) is 28.9 Å². The van der Waals surface area contributed by atoms with Crippen molar-refractivity contribution in [1.29, 1.82) is 0 Å². The molecule has 0 spiro atoms. The molecule has 3 rings (SSSR count). The second-order valence-electron chi connectivity index (χ2n) is 5.74. The summed E-state index contributed by atoms with van der Waals surface area (Å²) in [6.07, 6.45) is -2.86. The molecular weight excluding hydrogens is 415 g/mol. The molecule has 26 heavy (non-hydrogen) atoms. The smallest absolute Gasteiger partial charge is 0.295 e. The van der Waals surface area contributed by atoms with Crippen molar-refractivity contribution in [3.05, 3.63) is 67.4 Å². The molecule has 9 heteroatoms. The van der Waals surface area contributed by atoms with Crippen LogP contribution in [0.3, 0.4) is 0 Å². The molecule has 0 aliphatic rings. The largest absolute Gasteiger partial charge is 0.318 e. The lowest BCUT2D eigenvalue weighted by Crippen LogP contribution is -2.08. The van der Waals surface area contributed by atoms with Crippen molar-refractivity contribution in [2.45, 2.75) is 26.6 Å². The van der Waals surface area contributed by atoms with Gasteiger partial charge in [0.1, 0.15) is 12.2 Å². The minimum absolute atomic E-state index is 0.00343. The van der Waals surface area contributed by atoms with Crippen molar-refractivity contribution >= 4 is 32.7 Å². The van der Waals surface area contributed by atoms with Crippen LogP contribution in [0.25, 0.3) is 11.0 Å². The zero-order valence-electron chi connectivity index (χ0n) is 13.5. The lowest BCUT2D eigenvalue weighted by molar-refractivity contribution is -0.384. The number of nitrogens with zero attached hydrogens (tertiary/aromatic N) is 3. The molecule has 5 nitrogen and oxygen atoms in total. The molecule has 0 N–H and O–H groups in total. The molecule has 1 aromatic heterocycles. The maximum absolute atomic E-state index is 13.5. The highest BCUT2D eigenvalue weighted by Gasteiger charge is 2.23. The van der Waals surface area contributed by atoms with Gasteiger partial charge < -0.3 is 4.57 Å². The van der Waals surface area contributed by atoms with Gasteiger partial charge in [-0.2, -0.15) is 0 Å². The van der Waals surface area contributed by atoms with E-state index in [0.29, 0.717) is 16.7 Å². The van der Waals surface area contributed by atoms with E-state index in [1.165, 1.54) is 16.7 Å². The number of nitro benzene ring substituents is 1. The Kier molecular flexibility index (Phi) is 4.99. The van der Waals surface area contributed by atoms with E-state index in [1.807, 2.05) is 0 Å². The van der Waals surface area contributed by atoms with Gasteiger partial charge in [-0.1, -0.05) is 18.2 Å². The van der Waals surface area contributed by atoms with Gasteiger partial charge in [-0.05, 0) is 39.5 Å². The van der Waals surface area contributed by atoms with Gasteiger partial charge in [-0.25, -0.2) is 18.2 Å². The number of nitro groups is 1. The Bertz CT molecular complexity index is 1000. The average molecular weight is 428 g/mol. The van der Waals surface area contributed by atoms with Gasteiger partial charge in [-0.15, -0.1) is 0 Å². The highest BCUT2D eigenvalue weighted by Crippen LogP contribution is 2.33. The zero-order chi connectivity index (χ0) is 19.0. The molecule has 0 unspecified atom stereocenters. The predicted octanol–water partition coefficient (Wildman–Crippen LogP) is 5.47. The van der Waals surface area contributed by atoms with E-state index in [-0.39, 0.29) is 27.7 Å². The average Bonchev–Trinajstić information content (AvgIpc) is 2.96. The van der Waals surface area contributed by atoms with Crippen LogP contribution in [0.15, 0.2) is 34.8 Å². The van der Waals surface area contributed by atoms with E-state index >= 15 is 0 Å². The summed E-state index contributed by atoms with van der Waals surface area (Å²) in [5.74, 6) is -0.494. The first-order valence-corrected chi connectivity index (χ1v) is 8.38. The molecule has 0 saturated carbocycles. The van der Waals surface area contributed by atoms with Crippen LogP contribution in [0.2, 0.25) is 0 Å². The molecule has 0 aliphatic heterocycles. The van der Waals surface area contributed by atoms with Gasteiger partial charge >= 0.3 is 0 Å². The monoisotopic (exact) mass is 427 g/mol. The maximum Gasteiger partial charge on any atom is 0.295 e. The number of benzene rings is 2. The standard InChI is InChI=1S/C17H13BrF3N3O2/c1-9-10(7-19)3-2-4-11(9)8-23-14-6-12(24(25)26)5-13(18)15(14)22-17(23)16(20)21/h2-6,16H,7-8H2,1H3. The number of halogens is 4. The van der Waals surface area contributed by atoms with Crippen LogP contribution in [0, 0.1) is 17.0 Å². The minimum atomic E-state index is -2.86. The molecule has 0 aliphatic carbocycles. The Morgan fingerprint density at radius 3 is 2.62 bits per heavy atom. The highest BCUT2D eigenvalue weighted by atomic mass is 79.9. The molecule has 136 valence electrons. The topological polar surface area (TPSA) is 61.0 Å². The molecule has 0 fully saturated rings. The summed E-state index contributed by atoms with van der Waals surface area (Å²) in [7, 11) is 0. The first-order valence-electron chi connectivity index (χ1n) is 7.59. The summed E-state index contributed by atoms with van der Waals surface area (Å²) >= 11 is 3.16. The summed E-state index contributed by atoms with van der Waals surface area (Å²) in [5, 5.41) is 11.1. The van der Waals surface area contributed by atoms with E-state index < -0.39 is 23.8 Å². The molecule has 0 atom stereocenters. The van der Waals surface area contributed by atoms with Crippen molar-refractivity contribution in [3.8, 4) is 0 Å². The van der Waals surface area contributed by atoms with Crippen LogP contribution in [-0.4, -0.2) is 14.5 Å². The van der Waals surface area contributed by atoms with Crippen LogP contribution >= 0.6 is 15.9 Å². The fourth-order valence-corrected chi connectivity index (χ4v) is 3.37. The first-order chi connectivity index (χ1) is 12.3. The Hall–Kier alpha value is -2.42. The third kappa shape index (κ3) is 3.18. The van der Waals surface area contributed by atoms with E-state index in [9.17, 15) is 23.3 Å². The van der Waals surface area contributed by atoms with Gasteiger partial charge in [0.15, 0.2) is 5.82 Å². The fraction of sp³-hybridized carbons (Fsp3) is 0.235. The number of hydrogen-bond acceptors (Lipinski definition) is 3. The van der Waals surface area contributed by atoms with Crippen molar-refractivity contribution in [2.75, 3.05) is 0 Å². The highest BCUT2D eigenvalue weighted by molar-refractivity contribution is 9.10. The van der Waals surface area contributed by atoms with Crippen molar-refractivity contribution in [1.82, 2.24) is 9.55 Å². The van der Waals surface area contributed by atoms with Crippen LogP contribution in [0.4, 0.5) is 18.9 Å². The Balaban J connectivity index is 2.23. The minimum Gasteiger partial charge on any atom is -0.318 e. The molecule has 3 aromatic rings. The SMILES string of the molecule is Cc1c(CF)cccc1Cn1c(C(F)F)nc2c(Br)cc([N+](=O)[O-])cc21. The lowest BCUT2D eigenvalue weighted by atomic mass is 10.0. The van der Waals surface area contributed by atoms with Gasteiger partial charge in [0, 0.05) is 18.7 Å². The number of aromatic nitrogens is 2. The molecule has 1 heterocycles. The molecule has 2 aromatic carbocycles. The van der Waals surface area contributed by atoms with E-state index in [4.69, 9.17) is 0 Å². The number of alkyl halides is 3. The molecule has 0 saturated heterocycles. The lowest BCUT2D eigenvalue weighted by Gasteiger charge is -2.13. The zero-order valence-corrected chi connectivity index (χ0v) is 15.1. The number of rotatable bonds is 5. The van der Waals surface area contributed by atoms with Gasteiger partial charge in [0.25, 0.3) is 12.1 Å². The Labute approximate surface area is 154 Å². The number of imidazole rings is 1. The van der Waals surface area contributed by atoms with E-state index in [1.54, 1.807) is 25.1 Å². The van der Waals surface area contributed by atoms with Crippen molar-refractivity contribution in [2.24, 2.45) is 0 Å². The number of non-ortho nitro benzene ring substituents is 1. The molecule has 0 bridgehead atoms. The van der Waals surface area contributed by atoms with Gasteiger partial charge in [-0.3, -0.25) is 10.1 Å². The third-order valence-electron chi connectivity index (χ3n) is 4.26. The van der Waals surface area contributed by atoms with Crippen LogP contribution in [0.5, 0.6) is 0 Å². The number of hydrogen-bond donors (Lipinski definition) is 0. The third-order valence-corrected chi connectivity index (χ3v) is 4.86. The second-order valence-corrected chi connectivity index (χ2v) is 6.60. The van der Waals surface area contributed by atoms with Crippen molar-refractivity contribution in [3.63, 3.8) is 0 Å². The van der Waals surface area contributed by atoms with E-state index in [0.717, 1.165) is 0 Å². The second kappa shape index (κ2) is 7.06. The van der Waals surface area contributed by atoms with Gasteiger partial charge in [0.2, 0.25) is 0 Å². The van der Waals surface area contributed by atoms with Crippen LogP contribution < -0.4 is 0 Å². The molecule has 0 amide bonds.